The summed E-state index contributed by atoms with van der Waals surface area (Å²) in [7, 11) is -3.01. The van der Waals surface area contributed by atoms with Crippen molar-refractivity contribution in [3.05, 3.63) is 54.5 Å². The molecule has 0 saturated carbocycles. The van der Waals surface area contributed by atoms with Crippen LogP contribution in [-0.4, -0.2) is 38.9 Å². The van der Waals surface area contributed by atoms with Gasteiger partial charge in [0.2, 0.25) is 5.60 Å². The zero-order chi connectivity index (χ0) is 23.4. The number of nitrogens with two attached hydrogens (primary N) is 1. The van der Waals surface area contributed by atoms with Crippen LogP contribution in [0.15, 0.2) is 48.8 Å². The molecule has 11 nitrogen and oxygen atoms in total. The second kappa shape index (κ2) is 9.58. The summed E-state index contributed by atoms with van der Waals surface area (Å²) in [5.41, 5.74) is 5.38. The molecule has 12 heteroatoms. The fraction of sp³-hybridized carbons (Fsp3) is 0.333. The summed E-state index contributed by atoms with van der Waals surface area (Å²) in [5.74, 6) is 0.155. The van der Waals surface area contributed by atoms with Crippen molar-refractivity contribution in [2.45, 2.75) is 37.6 Å². The van der Waals surface area contributed by atoms with Crippen LogP contribution in [0.5, 0.6) is 5.75 Å². The molecule has 4 atom stereocenters. The number of nitrogens with zero attached hydrogens (tertiary/aromatic N) is 4. The molecule has 3 aromatic rings. The first kappa shape index (κ1) is 22.7. The third-order valence-corrected chi connectivity index (χ3v) is 6.02. The van der Waals surface area contributed by atoms with Gasteiger partial charge >= 0.3 is 14.2 Å². The van der Waals surface area contributed by atoms with E-state index in [0.717, 1.165) is 0 Å². The van der Waals surface area contributed by atoms with E-state index in [-0.39, 0.29) is 18.7 Å². The molecule has 0 radical (unpaired) electrons. The molecule has 1 aliphatic rings. The van der Waals surface area contributed by atoms with Gasteiger partial charge in [-0.15, -0.1) is 0 Å². The van der Waals surface area contributed by atoms with Gasteiger partial charge in [0.05, 0.1) is 5.69 Å². The lowest BCUT2D eigenvalue weighted by Gasteiger charge is -2.26. The fourth-order valence-corrected chi connectivity index (χ4v) is 4.30. The number of anilines is 1. The highest BCUT2D eigenvalue weighted by Crippen LogP contribution is 2.43. The molecular weight excluding hydrogens is 449 g/mol. The molecule has 0 aliphatic carbocycles. The maximum atomic E-state index is 12.4. The minimum absolute atomic E-state index is 0.120. The first-order valence-electron chi connectivity index (χ1n) is 10.2. The first-order valence-corrected chi connectivity index (χ1v) is 11.4. The molecule has 2 aromatic heterocycles. The van der Waals surface area contributed by atoms with Gasteiger partial charge in [-0.1, -0.05) is 25.1 Å². The first-order chi connectivity index (χ1) is 16.0. The van der Waals surface area contributed by atoms with Crippen molar-refractivity contribution >= 4 is 25.6 Å². The minimum atomic E-state index is -3.01. The van der Waals surface area contributed by atoms with Gasteiger partial charge in [0.25, 0.3) is 0 Å². The zero-order valence-corrected chi connectivity index (χ0v) is 18.7. The molecule has 3 heterocycles. The van der Waals surface area contributed by atoms with Gasteiger partial charge in [-0.3, -0.25) is 9.32 Å². The summed E-state index contributed by atoms with van der Waals surface area (Å²) in [6.45, 7) is 1.22. The largest absolute Gasteiger partial charge is 0.458 e. The number of carbonyl (C=O) groups is 1. The number of ether oxygens (including phenoxy) is 2. The SMILES string of the molecule is CCC(=O)O[C@H]1C[C@H](c2ccc3c(N)ncnn23)O[C@]1(C#N)CO[PH](=O)Oc1ccccc1. The molecule has 1 saturated heterocycles. The van der Waals surface area contributed by atoms with Crippen LogP contribution in [0, 0.1) is 11.3 Å². The van der Waals surface area contributed by atoms with E-state index in [0.29, 0.717) is 17.0 Å². The highest BCUT2D eigenvalue weighted by Gasteiger charge is 2.53. The second-order valence-electron chi connectivity index (χ2n) is 7.33. The summed E-state index contributed by atoms with van der Waals surface area (Å²) in [5, 5.41) is 14.2. The number of nitrogen functional groups attached to an aromatic ring is 1. The van der Waals surface area contributed by atoms with E-state index < -0.39 is 38.6 Å². The maximum absolute atomic E-state index is 12.4. The Morgan fingerprint density at radius 1 is 1.36 bits per heavy atom. The number of rotatable bonds is 8. The number of esters is 1. The summed E-state index contributed by atoms with van der Waals surface area (Å²) in [6, 6.07) is 14.0. The van der Waals surface area contributed by atoms with Crippen LogP contribution in [0.2, 0.25) is 0 Å². The molecule has 1 aliphatic heterocycles. The minimum Gasteiger partial charge on any atom is -0.458 e. The van der Waals surface area contributed by atoms with Crippen LogP contribution in [0.4, 0.5) is 5.82 Å². The number of aromatic nitrogens is 3. The number of benzene rings is 1. The van der Waals surface area contributed by atoms with E-state index in [1.54, 1.807) is 53.9 Å². The van der Waals surface area contributed by atoms with Gasteiger partial charge < -0.3 is 19.7 Å². The maximum Gasteiger partial charge on any atom is 0.367 e. The predicted molar refractivity (Wildman–Crippen MR) is 116 cm³/mol. The van der Waals surface area contributed by atoms with Crippen LogP contribution in [0.3, 0.4) is 0 Å². The van der Waals surface area contributed by atoms with Crippen molar-refractivity contribution < 1.29 is 27.9 Å². The number of hydrogen-bond acceptors (Lipinski definition) is 10. The monoisotopic (exact) mass is 471 g/mol. The van der Waals surface area contributed by atoms with Crippen molar-refractivity contribution in [2.24, 2.45) is 0 Å². The Morgan fingerprint density at radius 2 is 2.15 bits per heavy atom. The molecule has 4 rings (SSSR count). The summed E-state index contributed by atoms with van der Waals surface area (Å²) in [4.78, 5) is 16.0. The predicted octanol–water partition coefficient (Wildman–Crippen LogP) is 2.84. The van der Waals surface area contributed by atoms with Gasteiger partial charge in [-0.25, -0.2) is 14.1 Å². The van der Waals surface area contributed by atoms with Gasteiger partial charge in [0.15, 0.2) is 5.82 Å². The van der Waals surface area contributed by atoms with E-state index in [1.807, 2.05) is 0 Å². The van der Waals surface area contributed by atoms with E-state index >= 15 is 0 Å². The Morgan fingerprint density at radius 3 is 2.88 bits per heavy atom. The molecule has 33 heavy (non-hydrogen) atoms. The van der Waals surface area contributed by atoms with E-state index in [4.69, 9.17) is 24.3 Å². The third-order valence-electron chi connectivity index (χ3n) is 5.24. The third kappa shape index (κ3) is 4.68. The lowest BCUT2D eigenvalue weighted by atomic mass is 9.98. The Hall–Kier alpha value is -3.45. The Bertz CT molecular complexity index is 1210. The highest BCUT2D eigenvalue weighted by atomic mass is 31.1. The van der Waals surface area contributed by atoms with E-state index in [9.17, 15) is 14.6 Å². The number of para-hydroxylation sites is 1. The lowest BCUT2D eigenvalue weighted by molar-refractivity contribution is -0.157. The summed E-state index contributed by atoms with van der Waals surface area (Å²) < 4.78 is 36.2. The number of fused-ring (bicyclic) bond motifs is 1. The Labute approximate surface area is 190 Å². The molecule has 1 unspecified atom stereocenters. The Balaban J connectivity index is 1.57. The van der Waals surface area contributed by atoms with Gasteiger partial charge in [0.1, 0.15) is 42.5 Å². The van der Waals surface area contributed by atoms with Crippen molar-refractivity contribution in [1.29, 1.82) is 5.26 Å². The van der Waals surface area contributed by atoms with E-state index in [2.05, 4.69) is 16.2 Å². The quantitative estimate of drug-likeness (QED) is 0.383. The van der Waals surface area contributed by atoms with Gasteiger partial charge in [-0.05, 0) is 24.3 Å². The standard InChI is InChI=1S/C21H22N5O6P/c1-2-19(27)30-18-10-17(15-8-9-16-20(23)24-13-25-26(15)16)31-21(18,11-22)12-29-33(28)32-14-6-4-3-5-7-14/h3-9,13,17-18,33H,2,10,12H2,1H3,(H2,23,24,25)/t17-,18+,21-/m1/s1. The molecule has 1 aromatic carbocycles. The summed E-state index contributed by atoms with van der Waals surface area (Å²) >= 11 is 0. The highest BCUT2D eigenvalue weighted by molar-refractivity contribution is 7.33. The number of hydrogen-bond donors (Lipinski definition) is 1. The smallest absolute Gasteiger partial charge is 0.367 e. The van der Waals surface area contributed by atoms with Gasteiger partial charge in [-0.2, -0.15) is 10.4 Å². The normalized spacial score (nSPS) is 23.2. The fourth-order valence-electron chi connectivity index (χ4n) is 3.58. The molecule has 172 valence electrons. The Kier molecular flexibility index (Phi) is 6.60. The molecular formula is C21H22N5O6P. The molecule has 0 amide bonds. The average molecular weight is 471 g/mol. The molecule has 1 fully saturated rings. The molecule has 0 spiro atoms. The number of carbonyl (C=O) groups excluding carboxylic acids is 1. The van der Waals surface area contributed by atoms with Crippen molar-refractivity contribution in [1.82, 2.24) is 14.6 Å². The molecule has 0 bridgehead atoms. The average Bonchev–Trinajstić information content (AvgIpc) is 3.41. The number of nitriles is 1. The van der Waals surface area contributed by atoms with Crippen molar-refractivity contribution in [3.63, 3.8) is 0 Å². The summed E-state index contributed by atoms with van der Waals surface area (Å²) in [6.07, 6.45) is -0.0367. The van der Waals surface area contributed by atoms with Crippen LogP contribution in [0.25, 0.3) is 5.52 Å². The zero-order valence-electron chi connectivity index (χ0n) is 17.7. The lowest BCUT2D eigenvalue weighted by Crippen LogP contribution is -2.44. The van der Waals surface area contributed by atoms with Crippen LogP contribution in [0.1, 0.15) is 31.6 Å². The molecule has 2 N–H and O–H groups in total. The second-order valence-corrected chi connectivity index (χ2v) is 8.32. The van der Waals surface area contributed by atoms with E-state index in [1.165, 1.54) is 6.33 Å². The van der Waals surface area contributed by atoms with Crippen LogP contribution < -0.4 is 10.3 Å². The van der Waals surface area contributed by atoms with Crippen molar-refractivity contribution in [3.8, 4) is 11.8 Å². The van der Waals surface area contributed by atoms with Crippen molar-refractivity contribution in [2.75, 3.05) is 12.3 Å². The van der Waals surface area contributed by atoms with Crippen LogP contribution in [-0.2, 0) is 23.4 Å². The van der Waals surface area contributed by atoms with Gasteiger partial charge in [0, 0.05) is 12.8 Å². The topological polar surface area (TPSA) is 151 Å². The van der Waals surface area contributed by atoms with Crippen LogP contribution >= 0.6 is 8.25 Å².